The lowest BCUT2D eigenvalue weighted by Crippen LogP contribution is -2.55. The van der Waals surface area contributed by atoms with E-state index in [9.17, 15) is 10.2 Å². The molecule has 84 valence electrons. The van der Waals surface area contributed by atoms with Crippen molar-refractivity contribution in [1.82, 2.24) is 10.6 Å². The van der Waals surface area contributed by atoms with Crippen LogP contribution in [-0.2, 0) is 4.74 Å². The quantitative estimate of drug-likeness (QED) is 0.445. The second-order valence-corrected chi connectivity index (χ2v) is 4.39. The van der Waals surface area contributed by atoms with E-state index in [2.05, 4.69) is 10.6 Å². The van der Waals surface area contributed by atoms with E-state index in [0.717, 1.165) is 5.57 Å². The highest BCUT2D eigenvalue weighted by atomic mass is 16.5. The van der Waals surface area contributed by atoms with Crippen LogP contribution in [0.15, 0.2) is 23.1 Å². The minimum Gasteiger partial charge on any atom is -0.469 e. The molecular formula is C10H16N2O3. The molecule has 4 N–H and O–H groups in total. The molecule has 2 rings (SSSR count). The van der Waals surface area contributed by atoms with Crippen molar-refractivity contribution in [3.63, 3.8) is 0 Å². The summed E-state index contributed by atoms with van der Waals surface area (Å²) in [5.41, 5.74) is 1.17. The van der Waals surface area contributed by atoms with Gasteiger partial charge in [-0.3, -0.25) is 0 Å². The number of hydrogen-bond acceptors (Lipinski definition) is 5. The zero-order valence-electron chi connectivity index (χ0n) is 9.03. The number of aliphatic hydroxyl groups excluding tert-OH is 2. The Balaban J connectivity index is 2.38. The standard InChI is InChI=1S/C10H16N2O3/c1-5-4-10(2,3)15-8-6(5)7(13)11-9(14)12-8/h4,7,9,11-14H,1-3H3. The first-order valence-electron chi connectivity index (χ1n) is 4.91. The highest BCUT2D eigenvalue weighted by molar-refractivity contribution is 5.39. The van der Waals surface area contributed by atoms with Crippen molar-refractivity contribution in [2.75, 3.05) is 0 Å². The normalized spacial score (nSPS) is 33.8. The van der Waals surface area contributed by atoms with Gasteiger partial charge in [-0.25, -0.2) is 5.32 Å². The summed E-state index contributed by atoms with van der Waals surface area (Å²) in [5.74, 6) is 0.443. The molecular weight excluding hydrogens is 196 g/mol. The third-order valence-electron chi connectivity index (χ3n) is 2.46. The van der Waals surface area contributed by atoms with Crippen LogP contribution in [0.5, 0.6) is 0 Å². The Morgan fingerprint density at radius 1 is 1.40 bits per heavy atom. The third kappa shape index (κ3) is 1.86. The van der Waals surface area contributed by atoms with Crippen molar-refractivity contribution in [2.45, 2.75) is 39.0 Å². The van der Waals surface area contributed by atoms with Crippen molar-refractivity contribution in [1.29, 1.82) is 0 Å². The van der Waals surface area contributed by atoms with Gasteiger partial charge in [0.15, 0.2) is 12.2 Å². The lowest BCUT2D eigenvalue weighted by atomic mass is 9.96. The van der Waals surface area contributed by atoms with Crippen molar-refractivity contribution >= 4 is 0 Å². The first kappa shape index (κ1) is 10.5. The van der Waals surface area contributed by atoms with Crippen LogP contribution in [0.1, 0.15) is 20.8 Å². The van der Waals surface area contributed by atoms with Gasteiger partial charge in [-0.1, -0.05) is 0 Å². The predicted octanol–water partition coefficient (Wildman–Crippen LogP) is -0.260. The molecule has 0 spiro atoms. The molecule has 15 heavy (non-hydrogen) atoms. The van der Waals surface area contributed by atoms with E-state index in [0.29, 0.717) is 11.5 Å². The second-order valence-electron chi connectivity index (χ2n) is 4.39. The monoisotopic (exact) mass is 212 g/mol. The molecule has 2 atom stereocenters. The second kappa shape index (κ2) is 3.23. The molecule has 0 aliphatic carbocycles. The van der Waals surface area contributed by atoms with Gasteiger partial charge in [0.25, 0.3) is 0 Å². The summed E-state index contributed by atoms with van der Waals surface area (Å²) in [4.78, 5) is 0. The van der Waals surface area contributed by atoms with Crippen LogP contribution in [0.4, 0.5) is 0 Å². The van der Waals surface area contributed by atoms with E-state index in [1.54, 1.807) is 0 Å². The SMILES string of the molecule is CC1=CC(C)(C)OC2=C1C(O)NC(O)N2. The van der Waals surface area contributed by atoms with Gasteiger partial charge in [0.1, 0.15) is 11.8 Å². The first-order valence-corrected chi connectivity index (χ1v) is 4.91. The summed E-state index contributed by atoms with van der Waals surface area (Å²) in [6.07, 6.45) is 0.0555. The van der Waals surface area contributed by atoms with Crippen LogP contribution in [0.3, 0.4) is 0 Å². The highest BCUT2D eigenvalue weighted by Crippen LogP contribution is 2.31. The maximum atomic E-state index is 9.73. The van der Waals surface area contributed by atoms with E-state index in [4.69, 9.17) is 4.74 Å². The van der Waals surface area contributed by atoms with Gasteiger partial charge in [-0.2, -0.15) is 0 Å². The van der Waals surface area contributed by atoms with Gasteiger partial charge < -0.3 is 20.3 Å². The van der Waals surface area contributed by atoms with Crippen molar-refractivity contribution in [3.05, 3.63) is 23.1 Å². The molecule has 2 aliphatic rings. The largest absolute Gasteiger partial charge is 0.469 e. The average Bonchev–Trinajstić information content (AvgIpc) is 1.97. The summed E-state index contributed by atoms with van der Waals surface area (Å²) >= 11 is 0. The Kier molecular flexibility index (Phi) is 2.26. The molecule has 0 fully saturated rings. The third-order valence-corrected chi connectivity index (χ3v) is 2.46. The predicted molar refractivity (Wildman–Crippen MR) is 54.2 cm³/mol. The molecule has 2 aliphatic heterocycles. The maximum absolute atomic E-state index is 9.73. The fraction of sp³-hybridized carbons (Fsp3) is 0.600. The summed E-state index contributed by atoms with van der Waals surface area (Å²) in [6.45, 7) is 5.75. The van der Waals surface area contributed by atoms with Crippen molar-refractivity contribution in [2.24, 2.45) is 0 Å². The summed E-state index contributed by atoms with van der Waals surface area (Å²) in [6, 6.07) is 0. The van der Waals surface area contributed by atoms with Crippen LogP contribution in [0, 0.1) is 0 Å². The van der Waals surface area contributed by atoms with Gasteiger partial charge in [0.05, 0.1) is 5.57 Å². The molecule has 0 saturated carbocycles. The molecule has 5 heteroatoms. The first-order chi connectivity index (χ1) is 6.89. The molecule has 0 radical (unpaired) electrons. The number of ether oxygens (including phenoxy) is 1. The highest BCUT2D eigenvalue weighted by Gasteiger charge is 2.34. The fourth-order valence-electron chi connectivity index (χ4n) is 1.97. The summed E-state index contributed by atoms with van der Waals surface area (Å²) in [5, 5.41) is 24.4. The van der Waals surface area contributed by atoms with Gasteiger partial charge in [0.2, 0.25) is 0 Å². The van der Waals surface area contributed by atoms with Crippen LogP contribution in [-0.4, -0.2) is 28.4 Å². The summed E-state index contributed by atoms with van der Waals surface area (Å²) in [7, 11) is 0. The maximum Gasteiger partial charge on any atom is 0.198 e. The average molecular weight is 212 g/mol. The Labute approximate surface area is 88.4 Å². The molecule has 0 aromatic carbocycles. The molecule has 0 amide bonds. The lowest BCUT2D eigenvalue weighted by Gasteiger charge is -2.38. The Bertz CT molecular complexity index is 347. The number of rotatable bonds is 0. The van der Waals surface area contributed by atoms with E-state index >= 15 is 0 Å². The zero-order valence-corrected chi connectivity index (χ0v) is 9.03. The Hall–Kier alpha value is -1.04. The molecule has 0 aromatic rings. The smallest absolute Gasteiger partial charge is 0.198 e. The van der Waals surface area contributed by atoms with E-state index in [1.807, 2.05) is 26.8 Å². The van der Waals surface area contributed by atoms with E-state index in [-0.39, 0.29) is 0 Å². The lowest BCUT2D eigenvalue weighted by molar-refractivity contribution is -0.0227. The van der Waals surface area contributed by atoms with Crippen LogP contribution >= 0.6 is 0 Å². The Morgan fingerprint density at radius 3 is 2.73 bits per heavy atom. The number of hydrogen-bond donors (Lipinski definition) is 4. The number of nitrogens with one attached hydrogen (secondary N) is 2. The number of aliphatic hydroxyl groups is 2. The van der Waals surface area contributed by atoms with Gasteiger partial charge in [-0.15, -0.1) is 0 Å². The van der Waals surface area contributed by atoms with E-state index in [1.165, 1.54) is 0 Å². The molecule has 5 nitrogen and oxygen atoms in total. The molecule has 2 unspecified atom stereocenters. The molecule has 0 bridgehead atoms. The van der Waals surface area contributed by atoms with Gasteiger partial charge >= 0.3 is 0 Å². The molecule has 0 saturated heterocycles. The fourth-order valence-corrected chi connectivity index (χ4v) is 1.97. The van der Waals surface area contributed by atoms with Crippen LogP contribution < -0.4 is 10.6 Å². The van der Waals surface area contributed by atoms with Crippen LogP contribution in [0.25, 0.3) is 0 Å². The summed E-state index contributed by atoms with van der Waals surface area (Å²) < 4.78 is 5.62. The van der Waals surface area contributed by atoms with E-state index < -0.39 is 18.2 Å². The minimum atomic E-state index is -0.986. The van der Waals surface area contributed by atoms with Crippen molar-refractivity contribution in [3.8, 4) is 0 Å². The zero-order chi connectivity index (χ0) is 11.2. The van der Waals surface area contributed by atoms with Gasteiger partial charge in [0, 0.05) is 0 Å². The van der Waals surface area contributed by atoms with Crippen LogP contribution in [0.2, 0.25) is 0 Å². The van der Waals surface area contributed by atoms with Crippen molar-refractivity contribution < 1.29 is 14.9 Å². The molecule has 0 aromatic heterocycles. The van der Waals surface area contributed by atoms with Gasteiger partial charge in [-0.05, 0) is 32.4 Å². The minimum absolute atomic E-state index is 0.424. The Morgan fingerprint density at radius 2 is 2.07 bits per heavy atom. The molecule has 2 heterocycles. The topological polar surface area (TPSA) is 73.8 Å².